The molecular weight excluding hydrogens is 188 g/mol. The van der Waals surface area contributed by atoms with Gasteiger partial charge in [-0.1, -0.05) is 6.42 Å². The van der Waals surface area contributed by atoms with Crippen LogP contribution in [-0.4, -0.2) is 10.2 Å². The topological polar surface area (TPSA) is 40.5 Å². The largest absolute Gasteiger partial charge is 0.508 e. The maximum atomic E-state index is 9.81. The summed E-state index contributed by atoms with van der Waals surface area (Å²) in [5.41, 5.74) is 0.960. The van der Waals surface area contributed by atoms with Crippen LogP contribution in [0, 0.1) is 11.8 Å². The monoisotopic (exact) mass is 204 g/mol. The van der Waals surface area contributed by atoms with Gasteiger partial charge in [0.15, 0.2) is 0 Å². The first-order valence-electron chi connectivity index (χ1n) is 5.76. The Labute approximate surface area is 89.6 Å². The molecule has 1 aromatic rings. The Kier molecular flexibility index (Phi) is 1.91. The van der Waals surface area contributed by atoms with Crippen LogP contribution in [0.5, 0.6) is 11.5 Å². The van der Waals surface area contributed by atoms with Crippen LogP contribution in [0.25, 0.3) is 0 Å². The van der Waals surface area contributed by atoms with E-state index < -0.39 is 0 Å². The molecule has 2 aliphatic carbocycles. The molecule has 0 aliphatic heterocycles. The minimum absolute atomic E-state index is 0.269. The number of aromatic hydroxyl groups is 2. The second-order valence-electron chi connectivity index (χ2n) is 5.02. The van der Waals surface area contributed by atoms with Crippen LogP contribution in [0.1, 0.15) is 37.2 Å². The number of rotatable bonds is 1. The van der Waals surface area contributed by atoms with Crippen LogP contribution in [0.15, 0.2) is 18.2 Å². The van der Waals surface area contributed by atoms with Gasteiger partial charge in [0, 0.05) is 5.56 Å². The van der Waals surface area contributed by atoms with E-state index in [1.165, 1.54) is 25.7 Å². The molecule has 0 radical (unpaired) electrons. The number of hydrogen-bond donors (Lipinski definition) is 2. The van der Waals surface area contributed by atoms with E-state index >= 15 is 0 Å². The number of benzene rings is 1. The summed E-state index contributed by atoms with van der Waals surface area (Å²) in [5, 5.41) is 19.3. The lowest BCUT2D eigenvalue weighted by Crippen LogP contribution is -2.08. The van der Waals surface area contributed by atoms with Crippen LogP contribution < -0.4 is 0 Å². The lowest BCUT2D eigenvalue weighted by atomic mass is 9.83. The van der Waals surface area contributed by atoms with E-state index in [9.17, 15) is 10.2 Å². The number of phenols is 2. The number of phenolic OH excluding ortho intramolecular Hbond substituents is 2. The Morgan fingerprint density at radius 2 is 1.93 bits per heavy atom. The zero-order valence-corrected chi connectivity index (χ0v) is 8.69. The number of hydrogen-bond acceptors (Lipinski definition) is 2. The molecule has 3 rings (SSSR count). The quantitative estimate of drug-likeness (QED) is 0.690. The zero-order valence-electron chi connectivity index (χ0n) is 8.69. The summed E-state index contributed by atoms with van der Waals surface area (Å²) >= 11 is 0. The van der Waals surface area contributed by atoms with Gasteiger partial charge in [-0.15, -0.1) is 0 Å². The van der Waals surface area contributed by atoms with Crippen molar-refractivity contribution in [3.05, 3.63) is 23.8 Å². The third kappa shape index (κ3) is 1.39. The summed E-state index contributed by atoms with van der Waals surface area (Å²) in [6, 6.07) is 4.89. The van der Waals surface area contributed by atoms with Gasteiger partial charge in [0.05, 0.1) is 0 Å². The third-order valence-electron chi connectivity index (χ3n) is 4.15. The average Bonchev–Trinajstić information content (AvgIpc) is 2.83. The smallest absolute Gasteiger partial charge is 0.119 e. The van der Waals surface area contributed by atoms with Gasteiger partial charge in [-0.25, -0.2) is 0 Å². The predicted molar refractivity (Wildman–Crippen MR) is 58.0 cm³/mol. The van der Waals surface area contributed by atoms with Gasteiger partial charge in [0.1, 0.15) is 11.5 Å². The van der Waals surface area contributed by atoms with E-state index in [-0.39, 0.29) is 5.75 Å². The zero-order chi connectivity index (χ0) is 10.4. The van der Waals surface area contributed by atoms with Crippen molar-refractivity contribution in [1.82, 2.24) is 0 Å². The molecule has 0 spiro atoms. The van der Waals surface area contributed by atoms with Crippen LogP contribution in [0.3, 0.4) is 0 Å². The summed E-state index contributed by atoms with van der Waals surface area (Å²) in [5.74, 6) is 2.70. The molecular formula is C13H16O2. The molecule has 0 unspecified atom stereocenters. The molecule has 2 bridgehead atoms. The Morgan fingerprint density at radius 3 is 2.60 bits per heavy atom. The van der Waals surface area contributed by atoms with E-state index in [4.69, 9.17) is 0 Å². The van der Waals surface area contributed by atoms with E-state index in [1.54, 1.807) is 18.2 Å². The van der Waals surface area contributed by atoms with Crippen LogP contribution in [0.4, 0.5) is 0 Å². The van der Waals surface area contributed by atoms with Crippen LogP contribution in [-0.2, 0) is 0 Å². The second kappa shape index (κ2) is 3.16. The Balaban J connectivity index is 1.96. The maximum absolute atomic E-state index is 9.81. The highest BCUT2D eigenvalue weighted by Crippen LogP contribution is 2.54. The molecule has 2 saturated carbocycles. The van der Waals surface area contributed by atoms with Crippen molar-refractivity contribution in [2.75, 3.05) is 0 Å². The van der Waals surface area contributed by atoms with Gasteiger partial charge in [0.25, 0.3) is 0 Å². The van der Waals surface area contributed by atoms with Gasteiger partial charge in [-0.2, -0.15) is 0 Å². The van der Waals surface area contributed by atoms with Gasteiger partial charge in [-0.05, 0) is 55.2 Å². The molecule has 2 heteroatoms. The van der Waals surface area contributed by atoms with Crippen molar-refractivity contribution in [1.29, 1.82) is 0 Å². The van der Waals surface area contributed by atoms with Crippen molar-refractivity contribution in [3.8, 4) is 11.5 Å². The van der Waals surface area contributed by atoms with E-state index in [2.05, 4.69) is 0 Å². The molecule has 1 aromatic carbocycles. The highest BCUT2D eigenvalue weighted by molar-refractivity contribution is 5.42. The first kappa shape index (κ1) is 9.08. The van der Waals surface area contributed by atoms with E-state index in [0.717, 1.165) is 17.4 Å². The fraction of sp³-hybridized carbons (Fsp3) is 0.538. The predicted octanol–water partition coefficient (Wildman–Crippen LogP) is 3.00. The third-order valence-corrected chi connectivity index (χ3v) is 4.15. The summed E-state index contributed by atoms with van der Waals surface area (Å²) in [6.45, 7) is 0. The molecule has 0 amide bonds. The fourth-order valence-corrected chi connectivity index (χ4v) is 3.46. The Hall–Kier alpha value is -1.18. The van der Waals surface area contributed by atoms with E-state index in [0.29, 0.717) is 11.7 Å². The van der Waals surface area contributed by atoms with Gasteiger partial charge < -0.3 is 10.2 Å². The van der Waals surface area contributed by atoms with Gasteiger partial charge >= 0.3 is 0 Å². The Morgan fingerprint density at radius 1 is 1.07 bits per heavy atom. The van der Waals surface area contributed by atoms with Gasteiger partial charge in [0.2, 0.25) is 0 Å². The molecule has 2 nitrogen and oxygen atoms in total. The summed E-state index contributed by atoms with van der Waals surface area (Å²) in [6.07, 6.45) is 5.17. The van der Waals surface area contributed by atoms with Gasteiger partial charge in [-0.3, -0.25) is 0 Å². The standard InChI is InChI=1S/C13H16O2/c14-10-3-4-13(15)12(7-10)11-6-8-1-2-9(11)5-8/h3-4,7-9,11,14-15H,1-2,5-6H2/t8-,9+,11-/m0/s1. The van der Waals surface area contributed by atoms with E-state index in [1.807, 2.05) is 0 Å². The average molecular weight is 204 g/mol. The normalized spacial score (nSPS) is 33.5. The van der Waals surface area contributed by atoms with Crippen LogP contribution in [0.2, 0.25) is 0 Å². The molecule has 0 heterocycles. The number of fused-ring (bicyclic) bond motifs is 2. The highest BCUT2D eigenvalue weighted by Gasteiger charge is 2.41. The van der Waals surface area contributed by atoms with Crippen molar-refractivity contribution in [3.63, 3.8) is 0 Å². The SMILES string of the molecule is Oc1ccc(O)c([C@H]2C[C@H]3CC[C@@H]2C3)c1. The van der Waals surface area contributed by atoms with Crippen LogP contribution >= 0.6 is 0 Å². The summed E-state index contributed by atoms with van der Waals surface area (Å²) in [4.78, 5) is 0. The van der Waals surface area contributed by atoms with Crippen molar-refractivity contribution in [2.45, 2.75) is 31.6 Å². The molecule has 2 fully saturated rings. The molecule has 15 heavy (non-hydrogen) atoms. The summed E-state index contributed by atoms with van der Waals surface area (Å²) < 4.78 is 0. The lowest BCUT2D eigenvalue weighted by Gasteiger charge is -2.22. The van der Waals surface area contributed by atoms with Crippen molar-refractivity contribution in [2.24, 2.45) is 11.8 Å². The van der Waals surface area contributed by atoms with Crippen molar-refractivity contribution >= 4 is 0 Å². The summed E-state index contributed by atoms with van der Waals surface area (Å²) in [7, 11) is 0. The minimum Gasteiger partial charge on any atom is -0.508 e. The minimum atomic E-state index is 0.269. The fourth-order valence-electron chi connectivity index (χ4n) is 3.46. The molecule has 2 aliphatic rings. The first-order chi connectivity index (χ1) is 7.24. The first-order valence-corrected chi connectivity index (χ1v) is 5.76. The molecule has 0 saturated heterocycles. The lowest BCUT2D eigenvalue weighted by molar-refractivity contribution is 0.393. The Bertz CT molecular complexity index is 386. The second-order valence-corrected chi connectivity index (χ2v) is 5.02. The molecule has 3 atom stereocenters. The molecule has 0 aromatic heterocycles. The molecule has 80 valence electrons. The molecule has 2 N–H and O–H groups in total. The van der Waals surface area contributed by atoms with Crippen molar-refractivity contribution < 1.29 is 10.2 Å². The maximum Gasteiger partial charge on any atom is 0.119 e. The highest BCUT2D eigenvalue weighted by atomic mass is 16.3.